The monoisotopic (exact) mass is 510 g/mol. The molecule has 0 bridgehead atoms. The van der Waals surface area contributed by atoms with Crippen molar-refractivity contribution in [1.29, 1.82) is 0 Å². The fourth-order valence-electron chi connectivity index (χ4n) is 4.51. The molecular formula is C26H31FN4O4Si. The van der Waals surface area contributed by atoms with Gasteiger partial charge in [0.25, 0.3) is 11.5 Å². The van der Waals surface area contributed by atoms with E-state index >= 15 is 0 Å². The van der Waals surface area contributed by atoms with Crippen LogP contribution in [0.2, 0.25) is 19.1 Å². The molecule has 1 saturated heterocycles. The van der Waals surface area contributed by atoms with Crippen molar-refractivity contribution in [2.75, 3.05) is 26.2 Å². The minimum Gasteiger partial charge on any atom is -0.432 e. The van der Waals surface area contributed by atoms with Gasteiger partial charge < -0.3 is 14.6 Å². The summed E-state index contributed by atoms with van der Waals surface area (Å²) in [5.41, 5.74) is 1.04. The molecule has 0 spiro atoms. The molecule has 2 amide bonds. The largest absolute Gasteiger partial charge is 0.432 e. The Kier molecular flexibility index (Phi) is 7.65. The molecule has 2 N–H and O–H groups in total. The number of piperazine rings is 1. The van der Waals surface area contributed by atoms with Crippen LogP contribution in [-0.4, -0.2) is 71.1 Å². The van der Waals surface area contributed by atoms with Gasteiger partial charge in [0, 0.05) is 44.4 Å². The first-order valence-electron chi connectivity index (χ1n) is 12.2. The zero-order chi connectivity index (χ0) is 25.9. The number of halogens is 1. The molecule has 2 heterocycles. The maximum atomic E-state index is 14.7. The van der Waals surface area contributed by atoms with Gasteiger partial charge in [-0.1, -0.05) is 24.3 Å². The first kappa shape index (κ1) is 25.7. The van der Waals surface area contributed by atoms with Gasteiger partial charge >= 0.3 is 0 Å². The van der Waals surface area contributed by atoms with Crippen molar-refractivity contribution in [3.8, 4) is 0 Å². The first-order valence-corrected chi connectivity index (χ1v) is 15.3. The molecule has 0 saturated carbocycles. The summed E-state index contributed by atoms with van der Waals surface area (Å²) in [5, 5.41) is 7.91. The van der Waals surface area contributed by atoms with Crippen molar-refractivity contribution in [3.63, 3.8) is 0 Å². The van der Waals surface area contributed by atoms with E-state index in [2.05, 4.69) is 10.2 Å². The van der Waals surface area contributed by atoms with Crippen LogP contribution in [0.1, 0.15) is 34.5 Å². The van der Waals surface area contributed by atoms with Crippen LogP contribution >= 0.6 is 0 Å². The van der Waals surface area contributed by atoms with Crippen LogP contribution < -0.4 is 5.56 Å². The molecule has 10 heteroatoms. The summed E-state index contributed by atoms with van der Waals surface area (Å²) in [6.45, 7) is 5.18. The van der Waals surface area contributed by atoms with Crippen LogP contribution in [0, 0.1) is 5.82 Å². The van der Waals surface area contributed by atoms with E-state index in [4.69, 9.17) is 0 Å². The van der Waals surface area contributed by atoms with Gasteiger partial charge in [-0.2, -0.15) is 5.10 Å². The lowest BCUT2D eigenvalue weighted by Gasteiger charge is -2.35. The standard InChI is InChI=1S/C26H31FN4O4Si/c1-36(2,35)15-5-8-24(32)30-11-13-31(14-12-30)26(34)21-16-18(9-10-22(21)27)17-23-19-6-3-4-7-20(19)25(33)29-28-23/h3-4,6-7,9-10,16,35H,5,8,11-15,17H2,1-2H3,(H,29,33). The van der Waals surface area contributed by atoms with Crippen molar-refractivity contribution in [1.82, 2.24) is 20.0 Å². The Morgan fingerprint density at radius 2 is 1.72 bits per heavy atom. The summed E-state index contributed by atoms with van der Waals surface area (Å²) < 4.78 is 14.7. The van der Waals surface area contributed by atoms with Gasteiger partial charge in [-0.05, 0) is 49.3 Å². The Balaban J connectivity index is 1.42. The van der Waals surface area contributed by atoms with Crippen molar-refractivity contribution in [2.45, 2.75) is 38.4 Å². The third-order valence-corrected chi connectivity index (χ3v) is 8.08. The van der Waals surface area contributed by atoms with E-state index in [1.807, 2.05) is 25.2 Å². The minimum absolute atomic E-state index is 0.0175. The zero-order valence-electron chi connectivity index (χ0n) is 20.6. The molecule has 1 aliphatic rings. The number of carbonyl (C=O) groups is 2. The van der Waals surface area contributed by atoms with Crippen LogP contribution in [0.25, 0.3) is 10.8 Å². The molecule has 1 aromatic heterocycles. The molecule has 3 aromatic rings. The summed E-state index contributed by atoms with van der Waals surface area (Å²) in [4.78, 5) is 50.9. The number of H-pyrrole nitrogens is 1. The quantitative estimate of drug-likeness (QED) is 0.476. The molecule has 8 nitrogen and oxygen atoms in total. The Hall–Kier alpha value is -3.37. The average Bonchev–Trinajstić information content (AvgIpc) is 2.86. The summed E-state index contributed by atoms with van der Waals surface area (Å²) in [7, 11) is -2.17. The highest BCUT2D eigenvalue weighted by atomic mass is 28.4. The van der Waals surface area contributed by atoms with Crippen molar-refractivity contribution >= 4 is 30.9 Å². The fraction of sp³-hybridized carbons (Fsp3) is 0.385. The Labute approximate surface area is 209 Å². The third kappa shape index (κ3) is 6.06. The zero-order valence-corrected chi connectivity index (χ0v) is 21.6. The number of nitrogens with zero attached hydrogens (tertiary/aromatic N) is 3. The van der Waals surface area contributed by atoms with E-state index in [9.17, 15) is 23.6 Å². The number of hydrogen-bond donors (Lipinski definition) is 2. The number of aromatic amines is 1. The summed E-state index contributed by atoms with van der Waals surface area (Å²) in [5.74, 6) is -0.986. The number of amides is 2. The molecule has 0 radical (unpaired) electrons. The van der Waals surface area contributed by atoms with Gasteiger partial charge in [-0.15, -0.1) is 0 Å². The van der Waals surface area contributed by atoms with E-state index < -0.39 is 20.0 Å². The second-order valence-electron chi connectivity index (χ2n) is 9.87. The third-order valence-electron chi connectivity index (χ3n) is 6.51. The smallest absolute Gasteiger partial charge is 0.272 e. The molecule has 0 atom stereocenters. The predicted octanol–water partition coefficient (Wildman–Crippen LogP) is 2.92. The Morgan fingerprint density at radius 3 is 2.42 bits per heavy atom. The molecule has 1 fully saturated rings. The summed E-state index contributed by atoms with van der Waals surface area (Å²) in [6, 6.07) is 12.2. The number of rotatable bonds is 7. The first-order chi connectivity index (χ1) is 17.1. The van der Waals surface area contributed by atoms with Crippen molar-refractivity contribution in [2.24, 2.45) is 0 Å². The minimum atomic E-state index is -2.17. The molecule has 36 heavy (non-hydrogen) atoms. The molecule has 2 aromatic carbocycles. The Morgan fingerprint density at radius 1 is 1.06 bits per heavy atom. The summed E-state index contributed by atoms with van der Waals surface area (Å²) in [6.07, 6.45) is 1.37. The number of hydrogen-bond acceptors (Lipinski definition) is 5. The van der Waals surface area contributed by atoms with E-state index in [1.54, 1.807) is 28.0 Å². The normalized spacial score (nSPS) is 14.3. The van der Waals surface area contributed by atoms with Crippen LogP contribution in [-0.2, 0) is 11.2 Å². The lowest BCUT2D eigenvalue weighted by molar-refractivity contribution is -0.132. The molecule has 1 aliphatic heterocycles. The van der Waals surface area contributed by atoms with E-state index in [0.29, 0.717) is 73.5 Å². The predicted molar refractivity (Wildman–Crippen MR) is 138 cm³/mol. The van der Waals surface area contributed by atoms with E-state index in [1.165, 1.54) is 12.1 Å². The molecular weight excluding hydrogens is 479 g/mol. The van der Waals surface area contributed by atoms with Gasteiger partial charge in [0.05, 0.1) is 16.6 Å². The molecule has 0 aliphatic carbocycles. The lowest BCUT2D eigenvalue weighted by Crippen LogP contribution is -2.50. The SMILES string of the molecule is C[Si](C)(O)CCCC(=O)N1CCN(C(=O)c2cc(Cc3n[nH]c(=O)c4ccccc34)ccc2F)CC1. The number of nitrogens with one attached hydrogen (secondary N) is 1. The highest BCUT2D eigenvalue weighted by Crippen LogP contribution is 2.20. The topological polar surface area (TPSA) is 107 Å². The number of carbonyl (C=O) groups excluding carboxylic acids is 2. The van der Waals surface area contributed by atoms with E-state index in [-0.39, 0.29) is 17.0 Å². The lowest BCUT2D eigenvalue weighted by atomic mass is 10.0. The number of benzene rings is 2. The van der Waals surface area contributed by atoms with Crippen molar-refractivity contribution in [3.05, 3.63) is 75.5 Å². The van der Waals surface area contributed by atoms with Crippen LogP contribution in [0.4, 0.5) is 4.39 Å². The maximum Gasteiger partial charge on any atom is 0.272 e. The molecule has 190 valence electrons. The van der Waals surface area contributed by atoms with Crippen LogP contribution in [0.5, 0.6) is 0 Å². The van der Waals surface area contributed by atoms with Crippen LogP contribution in [0.15, 0.2) is 47.3 Å². The molecule has 4 rings (SSSR count). The van der Waals surface area contributed by atoms with Gasteiger partial charge in [-0.25, -0.2) is 9.49 Å². The maximum absolute atomic E-state index is 14.7. The highest BCUT2D eigenvalue weighted by Gasteiger charge is 2.27. The van der Waals surface area contributed by atoms with Crippen molar-refractivity contribution < 1.29 is 18.8 Å². The second-order valence-corrected chi connectivity index (χ2v) is 14.0. The van der Waals surface area contributed by atoms with E-state index in [0.717, 1.165) is 0 Å². The number of aromatic nitrogens is 2. The highest BCUT2D eigenvalue weighted by molar-refractivity contribution is 6.69. The van der Waals surface area contributed by atoms with Gasteiger partial charge in [0.2, 0.25) is 5.91 Å². The summed E-state index contributed by atoms with van der Waals surface area (Å²) >= 11 is 0. The van der Waals surface area contributed by atoms with Gasteiger partial charge in [0.15, 0.2) is 8.32 Å². The Bertz CT molecular complexity index is 1330. The van der Waals surface area contributed by atoms with Gasteiger partial charge in [-0.3, -0.25) is 14.4 Å². The second kappa shape index (κ2) is 10.7. The number of fused-ring (bicyclic) bond motifs is 1. The average molecular weight is 511 g/mol. The van der Waals surface area contributed by atoms with Gasteiger partial charge in [0.1, 0.15) is 5.82 Å². The fourth-order valence-corrected chi connectivity index (χ4v) is 5.55. The van der Waals surface area contributed by atoms with Crippen LogP contribution in [0.3, 0.4) is 0 Å². The molecule has 0 unspecified atom stereocenters.